The maximum Gasteiger partial charge on any atom is 0.331 e. The van der Waals surface area contributed by atoms with Gasteiger partial charge >= 0.3 is 5.97 Å². The number of nitrogens with one attached hydrogen (secondary N) is 1. The molecule has 8 heteroatoms. The second-order valence-corrected chi connectivity index (χ2v) is 6.13. The van der Waals surface area contributed by atoms with E-state index in [1.54, 1.807) is 24.3 Å². The predicted molar refractivity (Wildman–Crippen MR) is 105 cm³/mol. The topological polar surface area (TPSA) is 73.9 Å². The van der Waals surface area contributed by atoms with Crippen LogP contribution in [0.3, 0.4) is 0 Å². The second kappa shape index (κ2) is 9.85. The molecule has 1 amide bonds. The average molecular weight is 410 g/mol. The first-order valence-electron chi connectivity index (χ1n) is 7.74. The molecule has 0 radical (unpaired) electrons. The average Bonchev–Trinajstić information content (AvgIpc) is 2.63. The van der Waals surface area contributed by atoms with Crippen LogP contribution >= 0.6 is 23.2 Å². The van der Waals surface area contributed by atoms with Crippen LogP contribution in [0.1, 0.15) is 5.56 Å². The van der Waals surface area contributed by atoms with E-state index in [4.69, 9.17) is 37.4 Å². The van der Waals surface area contributed by atoms with Crippen molar-refractivity contribution in [3.63, 3.8) is 0 Å². The lowest BCUT2D eigenvalue weighted by Crippen LogP contribution is -2.20. The van der Waals surface area contributed by atoms with Gasteiger partial charge in [-0.2, -0.15) is 0 Å². The van der Waals surface area contributed by atoms with E-state index in [0.717, 1.165) is 0 Å². The molecule has 1 N–H and O–H groups in total. The molecule has 0 saturated heterocycles. The summed E-state index contributed by atoms with van der Waals surface area (Å²) in [6.07, 6.45) is 2.75. The fraction of sp³-hybridized carbons (Fsp3) is 0.158. The van der Waals surface area contributed by atoms with Gasteiger partial charge in [0.05, 0.1) is 14.2 Å². The number of benzene rings is 2. The molecule has 0 aliphatic rings. The number of carbonyl (C=O) groups is 2. The zero-order chi connectivity index (χ0) is 19.8. The molecule has 27 heavy (non-hydrogen) atoms. The third-order valence-electron chi connectivity index (χ3n) is 3.31. The van der Waals surface area contributed by atoms with Gasteiger partial charge in [0.2, 0.25) is 0 Å². The molecule has 0 heterocycles. The lowest BCUT2D eigenvalue weighted by molar-refractivity contribution is -0.142. The summed E-state index contributed by atoms with van der Waals surface area (Å²) in [5, 5.41) is 3.31. The van der Waals surface area contributed by atoms with Crippen molar-refractivity contribution in [1.29, 1.82) is 0 Å². The van der Waals surface area contributed by atoms with Gasteiger partial charge in [-0.25, -0.2) is 4.79 Å². The molecule has 0 spiro atoms. The molecule has 2 aromatic carbocycles. The Morgan fingerprint density at radius 2 is 1.67 bits per heavy atom. The number of esters is 1. The van der Waals surface area contributed by atoms with Crippen LogP contribution in [0.25, 0.3) is 6.08 Å². The molecule has 0 aliphatic heterocycles. The summed E-state index contributed by atoms with van der Waals surface area (Å²) in [5.41, 5.74) is 1.12. The maximum atomic E-state index is 11.8. The molecule has 0 aromatic heterocycles. The van der Waals surface area contributed by atoms with Crippen molar-refractivity contribution < 1.29 is 23.8 Å². The van der Waals surface area contributed by atoms with Gasteiger partial charge in [0.25, 0.3) is 5.91 Å². The molecule has 0 saturated carbocycles. The summed E-state index contributed by atoms with van der Waals surface area (Å²) in [4.78, 5) is 23.6. The van der Waals surface area contributed by atoms with Gasteiger partial charge < -0.3 is 19.5 Å². The van der Waals surface area contributed by atoms with Crippen LogP contribution in [0.15, 0.2) is 42.5 Å². The second-order valence-electron chi connectivity index (χ2n) is 5.26. The van der Waals surface area contributed by atoms with Gasteiger partial charge in [0.1, 0.15) is 0 Å². The lowest BCUT2D eigenvalue weighted by atomic mass is 10.2. The summed E-state index contributed by atoms with van der Waals surface area (Å²) in [7, 11) is 3.05. The Morgan fingerprint density at radius 3 is 2.30 bits per heavy atom. The molecule has 0 atom stereocenters. The van der Waals surface area contributed by atoms with E-state index in [9.17, 15) is 9.59 Å². The fourth-order valence-corrected chi connectivity index (χ4v) is 2.65. The predicted octanol–water partition coefficient (Wildman–Crippen LogP) is 4.21. The Balaban J connectivity index is 1.88. The normalized spacial score (nSPS) is 10.5. The van der Waals surface area contributed by atoms with Crippen molar-refractivity contribution in [2.75, 3.05) is 26.1 Å². The Kier molecular flexibility index (Phi) is 7.52. The minimum Gasteiger partial charge on any atom is -0.493 e. The van der Waals surface area contributed by atoms with Gasteiger partial charge in [-0.3, -0.25) is 4.79 Å². The van der Waals surface area contributed by atoms with Crippen LogP contribution in [0.2, 0.25) is 10.0 Å². The highest BCUT2D eigenvalue weighted by Gasteiger charge is 2.08. The lowest BCUT2D eigenvalue weighted by Gasteiger charge is -2.08. The number of anilines is 1. The van der Waals surface area contributed by atoms with E-state index in [1.807, 2.05) is 0 Å². The minimum atomic E-state index is -0.663. The first-order valence-corrected chi connectivity index (χ1v) is 8.49. The first kappa shape index (κ1) is 20.6. The van der Waals surface area contributed by atoms with E-state index in [2.05, 4.69) is 5.32 Å². The van der Waals surface area contributed by atoms with Crippen molar-refractivity contribution in [2.24, 2.45) is 0 Å². The van der Waals surface area contributed by atoms with Crippen molar-refractivity contribution >= 4 is 46.8 Å². The first-order chi connectivity index (χ1) is 12.9. The smallest absolute Gasteiger partial charge is 0.331 e. The summed E-state index contributed by atoms with van der Waals surface area (Å²) in [5.74, 6) is -0.0622. The third-order valence-corrected chi connectivity index (χ3v) is 3.75. The SMILES string of the molecule is COc1ccc(C=CC(=O)OCC(=O)Nc2cc(Cl)cc(Cl)c2)cc1OC. The standard InChI is InChI=1S/C19H17Cl2NO5/c1-25-16-5-3-12(7-17(16)26-2)4-6-19(24)27-11-18(23)22-15-9-13(20)8-14(21)10-15/h3-10H,11H2,1-2H3,(H,22,23). The Bertz CT molecular complexity index is 847. The van der Waals surface area contributed by atoms with Crippen molar-refractivity contribution in [1.82, 2.24) is 0 Å². The molecular weight excluding hydrogens is 393 g/mol. The van der Waals surface area contributed by atoms with Crippen LogP contribution in [-0.4, -0.2) is 32.7 Å². The van der Waals surface area contributed by atoms with E-state index in [1.165, 1.54) is 38.5 Å². The molecule has 0 unspecified atom stereocenters. The quantitative estimate of drug-likeness (QED) is 0.547. The number of carbonyl (C=O) groups excluding carboxylic acids is 2. The van der Waals surface area contributed by atoms with Crippen molar-refractivity contribution in [3.8, 4) is 11.5 Å². The summed E-state index contributed by atoms with van der Waals surface area (Å²) < 4.78 is 15.2. The monoisotopic (exact) mass is 409 g/mol. The van der Waals surface area contributed by atoms with E-state index >= 15 is 0 Å². The fourth-order valence-electron chi connectivity index (χ4n) is 2.13. The Hall–Kier alpha value is -2.70. The highest BCUT2D eigenvalue weighted by atomic mass is 35.5. The number of amides is 1. The molecule has 0 aliphatic carbocycles. The van der Waals surface area contributed by atoms with Crippen LogP contribution in [0.5, 0.6) is 11.5 Å². The van der Waals surface area contributed by atoms with Crippen LogP contribution in [-0.2, 0) is 14.3 Å². The zero-order valence-electron chi connectivity index (χ0n) is 14.6. The summed E-state index contributed by atoms with van der Waals surface area (Å²) in [6.45, 7) is -0.445. The van der Waals surface area contributed by atoms with Gasteiger partial charge in [0.15, 0.2) is 18.1 Å². The minimum absolute atomic E-state index is 0.382. The maximum absolute atomic E-state index is 11.8. The van der Waals surface area contributed by atoms with Crippen LogP contribution in [0, 0.1) is 0 Å². The van der Waals surface area contributed by atoms with E-state index in [0.29, 0.717) is 32.8 Å². The highest BCUT2D eigenvalue weighted by Crippen LogP contribution is 2.28. The highest BCUT2D eigenvalue weighted by molar-refractivity contribution is 6.35. The Labute approximate surface area is 166 Å². The van der Waals surface area contributed by atoms with Gasteiger partial charge in [-0.05, 0) is 42.0 Å². The van der Waals surface area contributed by atoms with E-state index in [-0.39, 0.29) is 0 Å². The van der Waals surface area contributed by atoms with Gasteiger partial charge in [-0.1, -0.05) is 29.3 Å². The molecular formula is C19H17Cl2NO5. The van der Waals surface area contributed by atoms with E-state index < -0.39 is 18.5 Å². The van der Waals surface area contributed by atoms with Crippen molar-refractivity contribution in [2.45, 2.75) is 0 Å². The molecule has 142 valence electrons. The Morgan fingerprint density at radius 1 is 1.00 bits per heavy atom. The molecule has 6 nitrogen and oxygen atoms in total. The molecule has 0 fully saturated rings. The third kappa shape index (κ3) is 6.51. The number of methoxy groups -OCH3 is 2. The number of ether oxygens (including phenoxy) is 3. The largest absolute Gasteiger partial charge is 0.493 e. The van der Waals surface area contributed by atoms with Gasteiger partial charge in [-0.15, -0.1) is 0 Å². The van der Waals surface area contributed by atoms with Crippen molar-refractivity contribution in [3.05, 3.63) is 58.1 Å². The van der Waals surface area contributed by atoms with Gasteiger partial charge in [0, 0.05) is 21.8 Å². The number of hydrogen-bond donors (Lipinski definition) is 1. The molecule has 0 bridgehead atoms. The zero-order valence-corrected chi connectivity index (χ0v) is 16.1. The molecule has 2 rings (SSSR count). The summed E-state index contributed by atoms with van der Waals surface area (Å²) >= 11 is 11.7. The van der Waals surface area contributed by atoms with Crippen LogP contribution in [0.4, 0.5) is 5.69 Å². The number of rotatable bonds is 7. The summed E-state index contributed by atoms with van der Waals surface area (Å²) in [6, 6.07) is 9.78. The van der Waals surface area contributed by atoms with Crippen LogP contribution < -0.4 is 14.8 Å². The number of hydrogen-bond acceptors (Lipinski definition) is 5. The molecule has 2 aromatic rings. The number of halogens is 2.